The summed E-state index contributed by atoms with van der Waals surface area (Å²) in [7, 11) is 1.68. The number of methoxy groups -OCH3 is 1. The van der Waals surface area contributed by atoms with Crippen LogP contribution < -0.4 is 10.5 Å². The number of benzene rings is 2. The number of ether oxygens (including phenoxy) is 1. The van der Waals surface area contributed by atoms with Gasteiger partial charge in [-0.15, -0.1) is 0 Å². The summed E-state index contributed by atoms with van der Waals surface area (Å²) in [5.74, 6) is 1.39. The van der Waals surface area contributed by atoms with Crippen molar-refractivity contribution in [3.05, 3.63) is 54.1 Å². The van der Waals surface area contributed by atoms with E-state index in [1.165, 1.54) is 16.7 Å². The quantitative estimate of drug-likeness (QED) is 0.881. The van der Waals surface area contributed by atoms with E-state index in [0.29, 0.717) is 5.92 Å². The predicted molar refractivity (Wildman–Crippen MR) is 80.5 cm³/mol. The van der Waals surface area contributed by atoms with Gasteiger partial charge in [0.1, 0.15) is 5.75 Å². The molecule has 2 N–H and O–H groups in total. The van der Waals surface area contributed by atoms with E-state index in [9.17, 15) is 0 Å². The summed E-state index contributed by atoms with van der Waals surface area (Å²) in [6, 6.07) is 16.8. The van der Waals surface area contributed by atoms with Crippen molar-refractivity contribution in [2.45, 2.75) is 19.3 Å². The number of hydrogen-bond acceptors (Lipinski definition) is 2. The van der Waals surface area contributed by atoms with Crippen LogP contribution in [-0.4, -0.2) is 13.7 Å². The third kappa shape index (κ3) is 3.36. The molecule has 0 heterocycles. The lowest BCUT2D eigenvalue weighted by molar-refractivity contribution is 0.415. The van der Waals surface area contributed by atoms with Crippen LogP contribution in [0.4, 0.5) is 0 Å². The van der Waals surface area contributed by atoms with Crippen molar-refractivity contribution in [2.24, 2.45) is 5.73 Å². The smallest absolute Gasteiger partial charge is 0.118 e. The Bertz CT molecular complexity index is 519. The van der Waals surface area contributed by atoms with E-state index in [1.807, 2.05) is 12.1 Å². The minimum atomic E-state index is 0.503. The minimum absolute atomic E-state index is 0.503. The van der Waals surface area contributed by atoms with Gasteiger partial charge in [-0.3, -0.25) is 0 Å². The van der Waals surface area contributed by atoms with Crippen molar-refractivity contribution in [3.8, 4) is 16.9 Å². The summed E-state index contributed by atoms with van der Waals surface area (Å²) in [4.78, 5) is 0. The van der Waals surface area contributed by atoms with Gasteiger partial charge in [-0.2, -0.15) is 0 Å². The molecule has 19 heavy (non-hydrogen) atoms. The molecule has 2 aromatic rings. The molecule has 0 saturated heterocycles. The van der Waals surface area contributed by atoms with E-state index in [-0.39, 0.29) is 0 Å². The third-order valence-corrected chi connectivity index (χ3v) is 3.48. The van der Waals surface area contributed by atoms with Crippen molar-refractivity contribution in [3.63, 3.8) is 0 Å². The molecule has 1 unspecified atom stereocenters. The second-order valence-electron chi connectivity index (χ2n) is 4.83. The first-order valence-electron chi connectivity index (χ1n) is 6.69. The summed E-state index contributed by atoms with van der Waals surface area (Å²) in [5.41, 5.74) is 9.43. The highest BCUT2D eigenvalue weighted by Gasteiger charge is 2.06. The van der Waals surface area contributed by atoms with E-state index in [1.54, 1.807) is 7.11 Å². The maximum absolute atomic E-state index is 5.63. The van der Waals surface area contributed by atoms with Gasteiger partial charge in [0.25, 0.3) is 0 Å². The molecule has 0 aromatic heterocycles. The summed E-state index contributed by atoms with van der Waals surface area (Å²) < 4.78 is 5.19. The summed E-state index contributed by atoms with van der Waals surface area (Å²) in [5, 5.41) is 0. The molecule has 0 amide bonds. The average Bonchev–Trinajstić information content (AvgIpc) is 2.48. The molecule has 2 rings (SSSR count). The fourth-order valence-electron chi connectivity index (χ4n) is 2.22. The Balaban J connectivity index is 2.26. The molecule has 0 radical (unpaired) electrons. The lowest BCUT2D eigenvalue weighted by atomic mass is 9.94. The highest BCUT2D eigenvalue weighted by atomic mass is 16.5. The standard InChI is InChI=1S/C17H21NO/c1-13(10-11-18)15-4-3-5-16(12-15)14-6-8-17(19-2)9-7-14/h3-9,12-13H,10-11,18H2,1-2H3. The van der Waals surface area contributed by atoms with Crippen LogP contribution in [0.2, 0.25) is 0 Å². The van der Waals surface area contributed by atoms with Gasteiger partial charge in [-0.1, -0.05) is 43.3 Å². The molecule has 0 aliphatic rings. The zero-order chi connectivity index (χ0) is 13.7. The van der Waals surface area contributed by atoms with Crippen LogP contribution in [0.5, 0.6) is 5.75 Å². The SMILES string of the molecule is COc1ccc(-c2cccc(C(C)CCN)c2)cc1. The van der Waals surface area contributed by atoms with Crippen LogP contribution in [-0.2, 0) is 0 Å². The van der Waals surface area contributed by atoms with Crippen LogP contribution in [0.25, 0.3) is 11.1 Å². The first-order valence-corrected chi connectivity index (χ1v) is 6.69. The summed E-state index contributed by atoms with van der Waals surface area (Å²) in [6.45, 7) is 2.95. The molecule has 0 spiro atoms. The summed E-state index contributed by atoms with van der Waals surface area (Å²) >= 11 is 0. The fraction of sp³-hybridized carbons (Fsp3) is 0.294. The van der Waals surface area contributed by atoms with Crippen molar-refractivity contribution >= 4 is 0 Å². The topological polar surface area (TPSA) is 35.2 Å². The lowest BCUT2D eigenvalue weighted by Gasteiger charge is -2.12. The van der Waals surface area contributed by atoms with Crippen molar-refractivity contribution in [1.29, 1.82) is 0 Å². The van der Waals surface area contributed by atoms with Crippen LogP contribution in [0, 0.1) is 0 Å². The average molecular weight is 255 g/mol. The first-order chi connectivity index (χ1) is 9.24. The molecule has 0 fully saturated rings. The number of rotatable bonds is 5. The molecule has 2 nitrogen and oxygen atoms in total. The van der Waals surface area contributed by atoms with Gasteiger partial charge in [-0.05, 0) is 47.7 Å². The second kappa shape index (κ2) is 6.39. The maximum atomic E-state index is 5.63. The van der Waals surface area contributed by atoms with Crippen LogP contribution in [0.1, 0.15) is 24.8 Å². The zero-order valence-corrected chi connectivity index (χ0v) is 11.6. The van der Waals surface area contributed by atoms with Crippen LogP contribution >= 0.6 is 0 Å². The molecule has 2 aromatic carbocycles. The Labute approximate surface area is 115 Å². The fourth-order valence-corrected chi connectivity index (χ4v) is 2.22. The van der Waals surface area contributed by atoms with E-state index in [4.69, 9.17) is 10.5 Å². The molecule has 1 atom stereocenters. The zero-order valence-electron chi connectivity index (χ0n) is 11.6. The van der Waals surface area contributed by atoms with Crippen molar-refractivity contribution in [1.82, 2.24) is 0 Å². The predicted octanol–water partition coefficient (Wildman–Crippen LogP) is 3.81. The molecule has 2 heteroatoms. The maximum Gasteiger partial charge on any atom is 0.118 e. The molecular formula is C17H21NO. The third-order valence-electron chi connectivity index (χ3n) is 3.48. The van der Waals surface area contributed by atoms with Crippen molar-refractivity contribution < 1.29 is 4.74 Å². The molecule has 0 aliphatic heterocycles. The normalized spacial score (nSPS) is 12.2. The van der Waals surface area contributed by atoms with E-state index in [2.05, 4.69) is 43.3 Å². The second-order valence-corrected chi connectivity index (χ2v) is 4.83. The van der Waals surface area contributed by atoms with E-state index in [0.717, 1.165) is 18.7 Å². The number of hydrogen-bond donors (Lipinski definition) is 1. The van der Waals surface area contributed by atoms with Crippen LogP contribution in [0.15, 0.2) is 48.5 Å². The Morgan fingerprint density at radius 3 is 2.42 bits per heavy atom. The van der Waals surface area contributed by atoms with Crippen LogP contribution in [0.3, 0.4) is 0 Å². The van der Waals surface area contributed by atoms with Gasteiger partial charge < -0.3 is 10.5 Å². The molecule has 100 valence electrons. The van der Waals surface area contributed by atoms with Gasteiger partial charge >= 0.3 is 0 Å². The highest BCUT2D eigenvalue weighted by molar-refractivity contribution is 5.65. The van der Waals surface area contributed by atoms with E-state index >= 15 is 0 Å². The molecule has 0 aliphatic carbocycles. The molecule has 0 bridgehead atoms. The monoisotopic (exact) mass is 255 g/mol. The molecule has 0 saturated carbocycles. The largest absolute Gasteiger partial charge is 0.497 e. The van der Waals surface area contributed by atoms with Gasteiger partial charge in [0.15, 0.2) is 0 Å². The van der Waals surface area contributed by atoms with Gasteiger partial charge in [0.2, 0.25) is 0 Å². The molecular weight excluding hydrogens is 234 g/mol. The number of nitrogens with two attached hydrogens (primary N) is 1. The Morgan fingerprint density at radius 2 is 1.79 bits per heavy atom. The Kier molecular flexibility index (Phi) is 4.58. The van der Waals surface area contributed by atoms with Gasteiger partial charge in [0, 0.05) is 0 Å². The van der Waals surface area contributed by atoms with Gasteiger partial charge in [0.05, 0.1) is 7.11 Å². The highest BCUT2D eigenvalue weighted by Crippen LogP contribution is 2.26. The first kappa shape index (κ1) is 13.6. The Morgan fingerprint density at radius 1 is 1.05 bits per heavy atom. The summed E-state index contributed by atoms with van der Waals surface area (Å²) in [6.07, 6.45) is 1.02. The van der Waals surface area contributed by atoms with Crippen molar-refractivity contribution in [2.75, 3.05) is 13.7 Å². The lowest BCUT2D eigenvalue weighted by Crippen LogP contribution is -2.04. The van der Waals surface area contributed by atoms with Gasteiger partial charge in [-0.25, -0.2) is 0 Å². The minimum Gasteiger partial charge on any atom is -0.497 e. The van der Waals surface area contributed by atoms with E-state index < -0.39 is 0 Å². The Hall–Kier alpha value is -1.80.